The van der Waals surface area contributed by atoms with Gasteiger partial charge in [-0.1, -0.05) is 46.4 Å². The smallest absolute Gasteiger partial charge is 0.410 e. The van der Waals surface area contributed by atoms with Crippen LogP contribution in [0.25, 0.3) is 44.1 Å². The van der Waals surface area contributed by atoms with Gasteiger partial charge in [0.25, 0.3) is 5.92 Å². The lowest BCUT2D eigenvalue weighted by Crippen LogP contribution is -2.52. The highest BCUT2D eigenvalue weighted by Crippen LogP contribution is 2.34. The molecular weight excluding hydrogens is 1500 g/mol. The summed E-state index contributed by atoms with van der Waals surface area (Å²) < 4.78 is 63.8. The lowest BCUT2D eigenvalue weighted by Gasteiger charge is -2.38. The first kappa shape index (κ1) is 83.6. The van der Waals surface area contributed by atoms with E-state index in [0.717, 1.165) is 4.90 Å². The number of fused-ring (bicyclic) bond motifs is 4. The highest BCUT2D eigenvalue weighted by molar-refractivity contribution is 6.31. The van der Waals surface area contributed by atoms with Gasteiger partial charge in [-0.05, 0) is 107 Å². The van der Waals surface area contributed by atoms with Gasteiger partial charge in [-0.15, -0.1) is 0 Å². The van der Waals surface area contributed by atoms with Crippen molar-refractivity contribution in [2.75, 3.05) is 99.8 Å². The minimum absolute atomic E-state index is 0.00242. The standard InChI is InChI=1S/C18H22ClF2N5O2.C18H21ClFN5O2.C18H24ClN5O3.C18H22ClN5O3/c1-17(2,3)28-16(27)26-9-11(7-18(20,21)10-26)8-24-15-14-12(6-13(19)25-15)22-4-5-23-14;1-18(2,3)27-17(26)25-9-11(6-12(20)10-25)8-23-16-15-13(7-14(19)24-16)21-4-5-22-15;2*1-18(2,3)27-17(26)24-9-11(6-12(25)10-24)8-22-16-15-13(7-14(19)23-16)20-4-5-21-15/h4-6,11H,7-10H2,1-3H3,(H,24,25);4-7,11H,8-10H2,1-3H3,(H,23,24);4-5,7,11-12,25H,6,8-10H2,1-3H3,(H,22,23);4-5,7,11H,6,8-10H2,1-3H3,(H,22,23). The number of halogens is 7. The Balaban J connectivity index is 0.000000167. The van der Waals surface area contributed by atoms with Crippen molar-refractivity contribution in [1.29, 1.82) is 0 Å². The molecule has 8 aromatic heterocycles. The number of nitrogens with zero attached hydrogens (tertiary/aromatic N) is 16. The van der Waals surface area contributed by atoms with Crippen LogP contribution in [-0.2, 0) is 23.7 Å². The molecule has 3 saturated heterocycles. The van der Waals surface area contributed by atoms with E-state index in [2.05, 4.69) is 81.1 Å². The van der Waals surface area contributed by atoms with Gasteiger partial charge in [0.1, 0.15) is 70.9 Å². The maximum atomic E-state index is 14.2. The van der Waals surface area contributed by atoms with Crippen LogP contribution >= 0.6 is 46.4 Å². The summed E-state index contributed by atoms with van der Waals surface area (Å²) in [5, 5.41) is 23.9. The Labute approximate surface area is 647 Å². The van der Waals surface area contributed by atoms with Crippen LogP contribution in [0.5, 0.6) is 0 Å². The van der Waals surface area contributed by atoms with E-state index in [-0.39, 0.29) is 78.8 Å². The molecule has 30 nitrogen and oxygen atoms in total. The van der Waals surface area contributed by atoms with E-state index in [1.54, 1.807) is 129 Å². The summed E-state index contributed by atoms with van der Waals surface area (Å²) in [6, 6.07) is 6.50. The molecular formula is C72H89Cl4F3N20O10. The number of aliphatic hydroxyl groups excluding tert-OH is 1. The van der Waals surface area contributed by atoms with Crippen molar-refractivity contribution in [1.82, 2.24) is 79.4 Å². The van der Waals surface area contributed by atoms with Crippen molar-refractivity contribution in [3.8, 4) is 0 Å². The third-order valence-electron chi connectivity index (χ3n) is 16.1. The zero-order chi connectivity index (χ0) is 79.3. The van der Waals surface area contributed by atoms with Gasteiger partial charge >= 0.3 is 24.4 Å². The Hall–Kier alpha value is -9.44. The lowest BCUT2D eigenvalue weighted by molar-refractivity contribution is -0.123. The molecule has 8 aromatic rings. The number of anilines is 4. The minimum atomic E-state index is -2.99. The number of rotatable bonds is 12. The summed E-state index contributed by atoms with van der Waals surface area (Å²) in [7, 11) is 0. The summed E-state index contributed by atoms with van der Waals surface area (Å²) in [5.74, 6) is -2.26. The van der Waals surface area contributed by atoms with Crippen LogP contribution in [0.3, 0.4) is 0 Å². The normalized spacial score (nSPS) is 18.9. The van der Waals surface area contributed by atoms with E-state index in [1.165, 1.54) is 28.3 Å². The third-order valence-corrected chi connectivity index (χ3v) is 16.9. The Morgan fingerprint density at radius 2 is 0.798 bits per heavy atom. The number of aromatic nitrogens is 12. The molecule has 37 heteroatoms. The number of hydrogen-bond acceptors (Lipinski definition) is 26. The maximum absolute atomic E-state index is 14.2. The Morgan fingerprint density at radius 1 is 0.468 bits per heavy atom. The molecule has 4 aliphatic rings. The number of pyridine rings is 4. The highest BCUT2D eigenvalue weighted by atomic mass is 35.5. The summed E-state index contributed by atoms with van der Waals surface area (Å²) >= 11 is 24.2. The molecule has 5 N–H and O–H groups in total. The average molecular weight is 1590 g/mol. The molecule has 0 aromatic carbocycles. The predicted molar refractivity (Wildman–Crippen MR) is 408 cm³/mol. The van der Waals surface area contributed by atoms with Crippen LogP contribution < -0.4 is 21.3 Å². The van der Waals surface area contributed by atoms with Crippen molar-refractivity contribution in [2.24, 2.45) is 23.7 Å². The number of β-amino-alcohol motifs (C(OH)–C–C–N with tert-alkyl or cyclic N) is 1. The van der Waals surface area contributed by atoms with E-state index < -0.39 is 71.3 Å². The fraction of sp³-hybridized carbons (Fsp3) is 0.514. The van der Waals surface area contributed by atoms with Crippen LogP contribution in [-0.4, -0.2) is 228 Å². The van der Waals surface area contributed by atoms with Gasteiger partial charge in [-0.25, -0.2) is 72.2 Å². The zero-order valence-corrected chi connectivity index (χ0v) is 65.4. The summed E-state index contributed by atoms with van der Waals surface area (Å²) in [4.78, 5) is 118. The topological polar surface area (TPSA) is 358 Å². The molecule has 5 unspecified atom stereocenters. The van der Waals surface area contributed by atoms with Crippen molar-refractivity contribution in [3.05, 3.63) is 106 Å². The number of carbonyl (C=O) groups excluding carboxylic acids is 5. The van der Waals surface area contributed by atoms with Crippen LogP contribution in [0.1, 0.15) is 102 Å². The van der Waals surface area contributed by atoms with Crippen molar-refractivity contribution in [3.63, 3.8) is 0 Å². The first-order chi connectivity index (χ1) is 51.2. The van der Waals surface area contributed by atoms with E-state index in [1.807, 2.05) is 20.8 Å². The maximum Gasteiger partial charge on any atom is 0.410 e. The molecule has 4 aliphatic heterocycles. The summed E-state index contributed by atoms with van der Waals surface area (Å²) in [6.45, 7) is 23.8. The summed E-state index contributed by atoms with van der Waals surface area (Å²) in [6.07, 6.45) is 11.9. The second-order valence-corrected chi connectivity index (χ2v) is 32.1. The molecule has 0 radical (unpaired) electrons. The average Bonchev–Trinajstić information content (AvgIpc) is 0.826. The van der Waals surface area contributed by atoms with Crippen molar-refractivity contribution < 1.29 is 61.2 Å². The summed E-state index contributed by atoms with van der Waals surface area (Å²) in [5.41, 5.74) is 2.19. The van der Waals surface area contributed by atoms with Gasteiger partial charge in [-0.2, -0.15) is 0 Å². The second-order valence-electron chi connectivity index (χ2n) is 30.5. The SMILES string of the molecule is CC(C)(C)OC(=O)N1CC(=O)CC(CNc2nc(Cl)cc3nccnc23)C1.CC(C)(C)OC(=O)N1CC(CNc2nc(Cl)cc3nccnc23)CC(F)(F)C1.CC(C)(C)OC(=O)N1CC(F)=CC(CNc2nc(Cl)cc3nccnc23)C1.CC(C)(C)OC(=O)N1CC(O)CC(CNc2nc(Cl)cc3nccnc23)C1. The zero-order valence-electron chi connectivity index (χ0n) is 62.4. The largest absolute Gasteiger partial charge is 0.444 e. The van der Waals surface area contributed by atoms with E-state index in [9.17, 15) is 42.3 Å². The number of piperidine rings is 3. The van der Waals surface area contributed by atoms with Crippen LogP contribution in [0.15, 0.2) is 85.7 Å². The van der Waals surface area contributed by atoms with Gasteiger partial charge in [0.05, 0.1) is 47.8 Å². The number of likely N-dealkylation sites (tertiary alicyclic amines) is 3. The number of ketones is 1. The molecule has 0 spiro atoms. The van der Waals surface area contributed by atoms with E-state index in [0.29, 0.717) is 130 Å². The Kier molecular flexibility index (Phi) is 27.6. The molecule has 0 saturated carbocycles. The number of hydrogen-bond donors (Lipinski definition) is 5. The molecule has 4 amide bonds. The second kappa shape index (κ2) is 35.9. The number of amides is 4. The predicted octanol–water partition coefficient (Wildman–Crippen LogP) is 13.4. The van der Waals surface area contributed by atoms with Crippen molar-refractivity contribution >= 4 is 144 Å². The fourth-order valence-corrected chi connectivity index (χ4v) is 12.7. The quantitative estimate of drug-likeness (QED) is 0.0560. The number of carbonyl (C=O) groups is 5. The van der Waals surface area contributed by atoms with Gasteiger partial charge in [0.2, 0.25) is 0 Å². The van der Waals surface area contributed by atoms with Crippen LogP contribution in [0.2, 0.25) is 20.6 Å². The van der Waals surface area contributed by atoms with Crippen molar-refractivity contribution in [2.45, 2.75) is 137 Å². The monoisotopic (exact) mass is 1590 g/mol. The Morgan fingerprint density at radius 3 is 1.20 bits per heavy atom. The van der Waals surface area contributed by atoms with E-state index >= 15 is 0 Å². The molecule has 3 fully saturated rings. The molecule has 12 rings (SSSR count). The molecule has 5 atom stereocenters. The van der Waals surface area contributed by atoms with Gasteiger partial charge in [-0.3, -0.25) is 24.7 Å². The number of aliphatic hydroxyl groups is 1. The van der Waals surface area contributed by atoms with Crippen LogP contribution in [0.4, 0.5) is 55.6 Å². The number of nitrogens with one attached hydrogen (secondary N) is 4. The molecule has 586 valence electrons. The first-order valence-corrected chi connectivity index (χ1v) is 36.6. The van der Waals surface area contributed by atoms with Gasteiger partial charge < -0.3 is 64.9 Å². The van der Waals surface area contributed by atoms with E-state index in [4.69, 9.17) is 65.4 Å². The molecule has 12 heterocycles. The lowest BCUT2D eigenvalue weighted by atomic mass is 9.95. The Bertz CT molecular complexity index is 4570. The third kappa shape index (κ3) is 25.8. The highest BCUT2D eigenvalue weighted by Gasteiger charge is 2.44. The number of ether oxygens (including phenoxy) is 4. The molecule has 0 aliphatic carbocycles. The molecule has 109 heavy (non-hydrogen) atoms. The minimum Gasteiger partial charge on any atom is -0.444 e. The fourth-order valence-electron chi connectivity index (χ4n) is 11.9. The van der Waals surface area contributed by atoms with Crippen LogP contribution in [0, 0.1) is 23.7 Å². The number of alkyl halides is 2. The molecule has 0 bridgehead atoms. The number of Topliss-reactive ketones (excluding diaryl/α,β-unsaturated/α-hetero) is 1. The first-order valence-electron chi connectivity index (χ1n) is 35.1. The van der Waals surface area contributed by atoms with Gasteiger partial charge in [0.15, 0.2) is 29.1 Å². The van der Waals surface area contributed by atoms with Gasteiger partial charge in [0, 0.05) is 157 Å².